The largest absolute Gasteiger partial charge is 0.497 e. The number of nitrogens with one attached hydrogen (secondary N) is 2. The van der Waals surface area contributed by atoms with Crippen LogP contribution in [0.4, 0.5) is 17.1 Å². The minimum absolute atomic E-state index is 0.0226. The Bertz CT molecular complexity index is 1440. The highest BCUT2D eigenvalue weighted by atomic mass is 35.5. The SMILES string of the molecule is COc1ccc(NS(=O)(=O)c2ccc3c(c2)C2C=CCC2C(c2cc([N+](=O)[O-])ccc2Cl)N3)cc1. The maximum absolute atomic E-state index is 13.1. The number of ether oxygens (including phenoxy) is 1. The Hall–Kier alpha value is -3.56. The van der Waals surface area contributed by atoms with Gasteiger partial charge in [0.15, 0.2) is 0 Å². The number of rotatable bonds is 6. The molecule has 35 heavy (non-hydrogen) atoms. The lowest BCUT2D eigenvalue weighted by Gasteiger charge is -2.38. The van der Waals surface area contributed by atoms with E-state index in [4.69, 9.17) is 16.3 Å². The monoisotopic (exact) mass is 511 g/mol. The highest BCUT2D eigenvalue weighted by molar-refractivity contribution is 7.92. The summed E-state index contributed by atoms with van der Waals surface area (Å²) in [6, 6.07) is 15.8. The third-order valence-corrected chi connectivity index (χ3v) is 8.24. The molecule has 2 aliphatic rings. The van der Waals surface area contributed by atoms with Crippen LogP contribution in [-0.4, -0.2) is 20.5 Å². The van der Waals surface area contributed by atoms with Crippen LogP contribution in [0.25, 0.3) is 0 Å². The van der Waals surface area contributed by atoms with E-state index < -0.39 is 14.9 Å². The second kappa shape index (κ2) is 8.90. The molecule has 0 saturated heterocycles. The van der Waals surface area contributed by atoms with Crippen LogP contribution >= 0.6 is 11.6 Å². The van der Waals surface area contributed by atoms with Gasteiger partial charge in [-0.2, -0.15) is 0 Å². The van der Waals surface area contributed by atoms with E-state index in [1.807, 2.05) is 0 Å². The Labute approximate surface area is 207 Å². The summed E-state index contributed by atoms with van der Waals surface area (Å²) < 4.78 is 33.9. The third-order valence-electron chi connectivity index (χ3n) is 6.51. The molecule has 0 fully saturated rings. The number of non-ortho nitro benzene ring substituents is 1. The van der Waals surface area contributed by atoms with Gasteiger partial charge in [-0.1, -0.05) is 23.8 Å². The summed E-state index contributed by atoms with van der Waals surface area (Å²) in [7, 11) is -2.28. The van der Waals surface area contributed by atoms with Gasteiger partial charge >= 0.3 is 0 Å². The molecule has 180 valence electrons. The summed E-state index contributed by atoms with van der Waals surface area (Å²) in [6.45, 7) is 0. The van der Waals surface area contributed by atoms with Crippen molar-refractivity contribution < 1.29 is 18.1 Å². The number of fused-ring (bicyclic) bond motifs is 3. The molecule has 1 aliphatic carbocycles. The molecule has 5 rings (SSSR count). The number of nitrogens with zero attached hydrogens (tertiary/aromatic N) is 1. The van der Waals surface area contributed by atoms with Crippen LogP contribution in [0.5, 0.6) is 5.75 Å². The summed E-state index contributed by atoms with van der Waals surface area (Å²) >= 11 is 6.45. The van der Waals surface area contributed by atoms with Crippen LogP contribution in [0.3, 0.4) is 0 Å². The number of anilines is 2. The van der Waals surface area contributed by atoms with Gasteiger partial charge in [0, 0.05) is 40.0 Å². The molecule has 0 spiro atoms. The van der Waals surface area contributed by atoms with Crippen LogP contribution in [0, 0.1) is 16.0 Å². The minimum atomic E-state index is -3.82. The zero-order chi connectivity index (χ0) is 24.7. The molecule has 1 aliphatic heterocycles. The number of hydrogen-bond acceptors (Lipinski definition) is 6. The van der Waals surface area contributed by atoms with Crippen LogP contribution in [0.2, 0.25) is 5.02 Å². The molecule has 0 bridgehead atoms. The van der Waals surface area contributed by atoms with E-state index in [1.165, 1.54) is 12.1 Å². The van der Waals surface area contributed by atoms with E-state index >= 15 is 0 Å². The van der Waals surface area contributed by atoms with Crippen LogP contribution in [0.15, 0.2) is 77.7 Å². The van der Waals surface area contributed by atoms with E-state index in [0.717, 1.165) is 17.7 Å². The summed E-state index contributed by atoms with van der Waals surface area (Å²) in [5.74, 6) is 0.613. The van der Waals surface area contributed by atoms with Crippen molar-refractivity contribution in [3.05, 3.63) is 99.1 Å². The molecule has 0 radical (unpaired) electrons. The first kappa shape index (κ1) is 23.2. The maximum Gasteiger partial charge on any atom is 0.269 e. The van der Waals surface area contributed by atoms with Crippen molar-refractivity contribution in [2.24, 2.45) is 5.92 Å². The van der Waals surface area contributed by atoms with Gasteiger partial charge in [0.05, 0.1) is 23.0 Å². The number of sulfonamides is 1. The van der Waals surface area contributed by atoms with E-state index in [-0.39, 0.29) is 28.5 Å². The summed E-state index contributed by atoms with van der Waals surface area (Å²) in [5, 5.41) is 15.2. The molecule has 0 amide bonds. The molecule has 0 aromatic heterocycles. The van der Waals surface area contributed by atoms with Crippen LogP contribution in [-0.2, 0) is 10.0 Å². The van der Waals surface area contributed by atoms with E-state index in [1.54, 1.807) is 55.6 Å². The highest BCUT2D eigenvalue weighted by Gasteiger charge is 2.39. The van der Waals surface area contributed by atoms with Gasteiger partial charge in [0.1, 0.15) is 5.75 Å². The van der Waals surface area contributed by atoms with Crippen molar-refractivity contribution in [1.82, 2.24) is 0 Å². The third kappa shape index (κ3) is 4.33. The molecule has 0 saturated carbocycles. The van der Waals surface area contributed by atoms with E-state index in [0.29, 0.717) is 22.0 Å². The minimum Gasteiger partial charge on any atom is -0.497 e. The number of nitro groups is 1. The first-order valence-corrected chi connectivity index (χ1v) is 12.8. The summed E-state index contributed by atoms with van der Waals surface area (Å²) in [4.78, 5) is 11.0. The van der Waals surface area contributed by atoms with E-state index in [2.05, 4.69) is 22.2 Å². The molecule has 3 aromatic rings. The zero-order valence-electron chi connectivity index (χ0n) is 18.6. The summed E-state index contributed by atoms with van der Waals surface area (Å²) in [5.41, 5.74) is 2.70. The first-order valence-electron chi connectivity index (χ1n) is 10.9. The fraction of sp³-hybridized carbons (Fsp3) is 0.200. The Morgan fingerprint density at radius 1 is 1.09 bits per heavy atom. The van der Waals surface area contributed by atoms with Crippen molar-refractivity contribution in [2.45, 2.75) is 23.3 Å². The zero-order valence-corrected chi connectivity index (χ0v) is 20.2. The Kier molecular flexibility index (Phi) is 5.90. The lowest BCUT2D eigenvalue weighted by atomic mass is 9.77. The average molecular weight is 512 g/mol. The van der Waals surface area contributed by atoms with Crippen LogP contribution < -0.4 is 14.8 Å². The summed E-state index contributed by atoms with van der Waals surface area (Å²) in [6.07, 6.45) is 4.86. The van der Waals surface area contributed by atoms with E-state index in [9.17, 15) is 18.5 Å². The maximum atomic E-state index is 13.1. The fourth-order valence-corrected chi connectivity index (χ4v) is 6.13. The Morgan fingerprint density at radius 3 is 2.57 bits per heavy atom. The van der Waals surface area contributed by atoms with Crippen molar-refractivity contribution in [3.63, 3.8) is 0 Å². The first-order chi connectivity index (χ1) is 16.8. The van der Waals surface area contributed by atoms with Gasteiger partial charge in [-0.15, -0.1) is 0 Å². The Balaban J connectivity index is 1.48. The van der Waals surface area contributed by atoms with Crippen molar-refractivity contribution in [1.29, 1.82) is 0 Å². The fourth-order valence-electron chi connectivity index (χ4n) is 4.80. The molecule has 2 N–H and O–H groups in total. The molecule has 8 nitrogen and oxygen atoms in total. The second-order valence-corrected chi connectivity index (χ2v) is 10.6. The smallest absolute Gasteiger partial charge is 0.269 e. The molecule has 3 aromatic carbocycles. The molecular formula is C25H22ClN3O5S. The molecular weight excluding hydrogens is 490 g/mol. The molecule has 3 unspecified atom stereocenters. The number of allylic oxidation sites excluding steroid dienone is 2. The van der Waals surface area contributed by atoms with Gasteiger partial charge in [0.25, 0.3) is 15.7 Å². The van der Waals surface area contributed by atoms with Crippen molar-refractivity contribution >= 4 is 38.7 Å². The predicted molar refractivity (Wildman–Crippen MR) is 135 cm³/mol. The normalized spacial score (nSPS) is 20.5. The number of methoxy groups -OCH3 is 1. The van der Waals surface area contributed by atoms with Gasteiger partial charge in [0.2, 0.25) is 0 Å². The number of halogens is 1. The van der Waals surface area contributed by atoms with Crippen molar-refractivity contribution in [3.8, 4) is 5.75 Å². The Morgan fingerprint density at radius 2 is 1.86 bits per heavy atom. The quantitative estimate of drug-likeness (QED) is 0.243. The van der Waals surface area contributed by atoms with Gasteiger partial charge < -0.3 is 10.1 Å². The lowest BCUT2D eigenvalue weighted by molar-refractivity contribution is -0.384. The average Bonchev–Trinajstić information content (AvgIpc) is 3.34. The molecule has 3 atom stereocenters. The second-order valence-electron chi connectivity index (χ2n) is 8.52. The predicted octanol–water partition coefficient (Wildman–Crippen LogP) is 5.88. The number of hydrogen-bond donors (Lipinski definition) is 2. The standard InChI is InChI=1S/C25H22ClN3O5S/c1-34-17-8-5-15(6-9-17)28-35(32,33)18-10-12-24-21(14-18)19-3-2-4-20(19)25(27-24)22-13-16(29(30)31)7-11-23(22)26/h2-3,5-14,19-20,25,27-28H,4H2,1H3. The van der Waals surface area contributed by atoms with Gasteiger partial charge in [-0.3, -0.25) is 14.8 Å². The van der Waals surface area contributed by atoms with Gasteiger partial charge in [-0.05, 0) is 66.4 Å². The topological polar surface area (TPSA) is 111 Å². The molecule has 1 heterocycles. The number of nitro benzene ring substituents is 1. The highest BCUT2D eigenvalue weighted by Crippen LogP contribution is 2.51. The lowest BCUT2D eigenvalue weighted by Crippen LogP contribution is -2.29. The molecule has 10 heteroatoms. The number of benzene rings is 3. The van der Waals surface area contributed by atoms with Gasteiger partial charge in [-0.25, -0.2) is 8.42 Å². The van der Waals surface area contributed by atoms with Crippen LogP contribution in [0.1, 0.15) is 29.5 Å². The van der Waals surface area contributed by atoms with Crippen molar-refractivity contribution in [2.75, 3.05) is 17.1 Å².